The van der Waals surface area contributed by atoms with Gasteiger partial charge in [0.15, 0.2) is 0 Å². The Hall–Kier alpha value is -2.58. The summed E-state index contributed by atoms with van der Waals surface area (Å²) in [5.41, 5.74) is 0.326. The van der Waals surface area contributed by atoms with Gasteiger partial charge in [0.1, 0.15) is 33.6 Å². The number of oxime groups is 1. The Morgan fingerprint density at radius 2 is 2.24 bits per heavy atom. The molecule has 0 atom stereocenters. The monoisotopic (exact) mass is 379 g/mol. The summed E-state index contributed by atoms with van der Waals surface area (Å²) in [5, 5.41) is 10.0. The van der Waals surface area contributed by atoms with E-state index in [1.54, 1.807) is 18.5 Å². The van der Waals surface area contributed by atoms with E-state index in [1.807, 2.05) is 0 Å². The Kier molecular flexibility index (Phi) is 4.91. The van der Waals surface area contributed by atoms with Crippen molar-refractivity contribution in [2.75, 3.05) is 0 Å². The molecule has 0 aliphatic rings. The molecule has 0 saturated carbocycles. The standard InChI is InChI=1S/C16H11ClFN3O3S/c1-8(15-19-6-7-25-15)20-24-16(22)12-9(2)23-21-14(12)13-10(17)4-3-5-11(13)18/h3-7H,1-2H3/b20-8-. The van der Waals surface area contributed by atoms with Gasteiger partial charge in [0.05, 0.1) is 10.6 Å². The molecule has 128 valence electrons. The van der Waals surface area contributed by atoms with Crippen LogP contribution in [0.2, 0.25) is 5.02 Å². The van der Waals surface area contributed by atoms with E-state index in [2.05, 4.69) is 15.3 Å². The lowest BCUT2D eigenvalue weighted by atomic mass is 10.1. The molecular weight excluding hydrogens is 369 g/mol. The Bertz CT molecular complexity index is 933. The normalized spacial score (nSPS) is 11.6. The number of rotatable bonds is 4. The van der Waals surface area contributed by atoms with Gasteiger partial charge in [-0.2, -0.15) is 0 Å². The van der Waals surface area contributed by atoms with Crippen molar-refractivity contribution >= 4 is 34.6 Å². The quantitative estimate of drug-likeness (QED) is 0.379. The highest BCUT2D eigenvalue weighted by Gasteiger charge is 2.27. The maximum Gasteiger partial charge on any atom is 0.371 e. The molecule has 3 aromatic rings. The van der Waals surface area contributed by atoms with Crippen molar-refractivity contribution < 1.29 is 18.5 Å². The predicted molar refractivity (Wildman–Crippen MR) is 91.4 cm³/mol. The van der Waals surface area contributed by atoms with Crippen molar-refractivity contribution in [3.63, 3.8) is 0 Å². The highest BCUT2D eigenvalue weighted by molar-refractivity contribution is 7.11. The molecular formula is C16H11ClFN3O3S. The van der Waals surface area contributed by atoms with Gasteiger partial charge >= 0.3 is 5.97 Å². The first-order chi connectivity index (χ1) is 12.0. The number of hydrogen-bond acceptors (Lipinski definition) is 7. The molecule has 0 bridgehead atoms. The van der Waals surface area contributed by atoms with Crippen LogP contribution in [-0.4, -0.2) is 21.8 Å². The van der Waals surface area contributed by atoms with Gasteiger partial charge in [0, 0.05) is 11.6 Å². The minimum atomic E-state index is -0.830. The van der Waals surface area contributed by atoms with Gasteiger partial charge in [-0.25, -0.2) is 14.2 Å². The number of nitrogens with zero attached hydrogens (tertiary/aromatic N) is 3. The molecule has 0 saturated heterocycles. The number of aromatic nitrogens is 2. The van der Waals surface area contributed by atoms with E-state index < -0.39 is 11.8 Å². The van der Waals surface area contributed by atoms with E-state index in [1.165, 1.54) is 36.5 Å². The average Bonchev–Trinajstić information content (AvgIpc) is 3.22. The molecule has 6 nitrogen and oxygen atoms in total. The summed E-state index contributed by atoms with van der Waals surface area (Å²) in [6.45, 7) is 3.17. The van der Waals surface area contributed by atoms with E-state index in [-0.39, 0.29) is 27.6 Å². The van der Waals surface area contributed by atoms with Crippen molar-refractivity contribution in [1.82, 2.24) is 10.1 Å². The van der Waals surface area contributed by atoms with E-state index in [0.29, 0.717) is 10.7 Å². The van der Waals surface area contributed by atoms with Gasteiger partial charge in [-0.1, -0.05) is 28.0 Å². The molecule has 0 aliphatic heterocycles. The van der Waals surface area contributed by atoms with Crippen LogP contribution in [0, 0.1) is 12.7 Å². The molecule has 0 unspecified atom stereocenters. The van der Waals surface area contributed by atoms with Crippen LogP contribution in [0.1, 0.15) is 28.0 Å². The fraction of sp³-hybridized carbons (Fsp3) is 0.125. The van der Waals surface area contributed by atoms with Crippen LogP contribution in [0.3, 0.4) is 0 Å². The second kappa shape index (κ2) is 7.12. The first-order valence-corrected chi connectivity index (χ1v) is 8.31. The Balaban J connectivity index is 1.94. The Morgan fingerprint density at radius 1 is 1.44 bits per heavy atom. The molecule has 0 N–H and O–H groups in total. The van der Waals surface area contributed by atoms with Crippen molar-refractivity contribution in [3.8, 4) is 11.3 Å². The zero-order valence-corrected chi connectivity index (χ0v) is 14.7. The smallest absolute Gasteiger partial charge is 0.360 e. The zero-order chi connectivity index (χ0) is 18.0. The van der Waals surface area contributed by atoms with Crippen LogP contribution in [0.15, 0.2) is 39.5 Å². The van der Waals surface area contributed by atoms with Crippen LogP contribution in [-0.2, 0) is 4.84 Å². The third kappa shape index (κ3) is 3.45. The summed E-state index contributed by atoms with van der Waals surface area (Å²) >= 11 is 7.39. The molecule has 3 rings (SSSR count). The Morgan fingerprint density at radius 3 is 2.92 bits per heavy atom. The van der Waals surface area contributed by atoms with Gasteiger partial charge in [0.25, 0.3) is 0 Å². The second-order valence-corrected chi connectivity index (χ2v) is 6.25. The Labute approximate surface area is 150 Å². The topological polar surface area (TPSA) is 77.6 Å². The summed E-state index contributed by atoms with van der Waals surface area (Å²) in [4.78, 5) is 21.4. The van der Waals surface area contributed by atoms with Crippen molar-refractivity contribution in [2.45, 2.75) is 13.8 Å². The van der Waals surface area contributed by atoms with Crippen molar-refractivity contribution in [3.05, 3.63) is 56.9 Å². The van der Waals surface area contributed by atoms with Crippen molar-refractivity contribution in [2.24, 2.45) is 5.16 Å². The van der Waals surface area contributed by atoms with Crippen LogP contribution < -0.4 is 0 Å². The minimum absolute atomic E-state index is 0.0337. The molecule has 0 amide bonds. The third-order valence-electron chi connectivity index (χ3n) is 3.27. The summed E-state index contributed by atoms with van der Waals surface area (Å²) in [5.74, 6) is -1.29. The summed E-state index contributed by atoms with van der Waals surface area (Å²) in [6, 6.07) is 4.16. The molecule has 0 aliphatic carbocycles. The number of carbonyl (C=O) groups excluding carboxylic acids is 1. The maximum atomic E-state index is 14.1. The number of thiazole rings is 1. The van der Waals surface area contributed by atoms with Crippen LogP contribution >= 0.6 is 22.9 Å². The largest absolute Gasteiger partial charge is 0.371 e. The molecule has 2 heterocycles. The van der Waals surface area contributed by atoms with Crippen LogP contribution in [0.4, 0.5) is 4.39 Å². The average molecular weight is 380 g/mol. The summed E-state index contributed by atoms with van der Waals surface area (Å²) in [6.07, 6.45) is 1.61. The number of halogens is 2. The zero-order valence-electron chi connectivity index (χ0n) is 13.1. The van der Waals surface area contributed by atoms with Crippen molar-refractivity contribution in [1.29, 1.82) is 0 Å². The van der Waals surface area contributed by atoms with E-state index >= 15 is 0 Å². The van der Waals surface area contributed by atoms with Crippen LogP contribution in [0.5, 0.6) is 0 Å². The van der Waals surface area contributed by atoms with Crippen LogP contribution in [0.25, 0.3) is 11.3 Å². The molecule has 0 fully saturated rings. The lowest BCUT2D eigenvalue weighted by Gasteiger charge is -2.04. The lowest BCUT2D eigenvalue weighted by molar-refractivity contribution is 0.0515. The van der Waals surface area contributed by atoms with Gasteiger partial charge in [-0.3, -0.25) is 0 Å². The minimum Gasteiger partial charge on any atom is -0.360 e. The molecule has 0 radical (unpaired) electrons. The van der Waals surface area contributed by atoms with Gasteiger partial charge in [-0.15, -0.1) is 11.3 Å². The third-order valence-corrected chi connectivity index (χ3v) is 4.47. The first-order valence-electron chi connectivity index (χ1n) is 7.05. The SMILES string of the molecule is C/C(=N/OC(=O)c1c(-c2c(F)cccc2Cl)noc1C)c1nccs1. The second-order valence-electron chi connectivity index (χ2n) is 4.95. The number of carbonyl (C=O) groups is 1. The molecule has 1 aromatic carbocycles. The molecule has 2 aromatic heterocycles. The lowest BCUT2D eigenvalue weighted by Crippen LogP contribution is -2.06. The fourth-order valence-electron chi connectivity index (χ4n) is 2.10. The number of benzene rings is 1. The van der Waals surface area contributed by atoms with Gasteiger partial charge in [0.2, 0.25) is 0 Å². The summed E-state index contributed by atoms with van der Waals surface area (Å²) in [7, 11) is 0. The first kappa shape index (κ1) is 17.2. The highest BCUT2D eigenvalue weighted by atomic mass is 35.5. The van der Waals surface area contributed by atoms with E-state index in [4.69, 9.17) is 21.0 Å². The number of hydrogen-bond donors (Lipinski definition) is 0. The van der Waals surface area contributed by atoms with Gasteiger partial charge < -0.3 is 9.36 Å². The summed E-state index contributed by atoms with van der Waals surface area (Å²) < 4.78 is 19.2. The predicted octanol–water partition coefficient (Wildman–Crippen LogP) is 4.48. The van der Waals surface area contributed by atoms with E-state index in [0.717, 1.165) is 0 Å². The highest BCUT2D eigenvalue weighted by Crippen LogP contribution is 2.33. The molecule has 25 heavy (non-hydrogen) atoms. The van der Waals surface area contributed by atoms with Gasteiger partial charge in [-0.05, 0) is 26.0 Å². The van der Waals surface area contributed by atoms with E-state index in [9.17, 15) is 9.18 Å². The number of aryl methyl sites for hydroxylation is 1. The molecule has 9 heteroatoms. The maximum absolute atomic E-state index is 14.1. The fourth-order valence-corrected chi connectivity index (χ4v) is 2.94. The molecule has 0 spiro atoms.